The van der Waals surface area contributed by atoms with Crippen molar-refractivity contribution in [3.63, 3.8) is 0 Å². The number of aromatic nitrogens is 3. The molecule has 0 aliphatic rings. The van der Waals surface area contributed by atoms with Crippen LogP contribution in [0.4, 0.5) is 11.1 Å². The molecule has 4 rings (SSSR count). The summed E-state index contributed by atoms with van der Waals surface area (Å²) in [7, 11) is 1.61. The van der Waals surface area contributed by atoms with E-state index in [1.807, 2.05) is 60.0 Å². The summed E-state index contributed by atoms with van der Waals surface area (Å²) in [6.45, 7) is 0. The second-order valence-electron chi connectivity index (χ2n) is 5.74. The summed E-state index contributed by atoms with van der Waals surface area (Å²) in [6.07, 6.45) is 0. The first-order chi connectivity index (χ1) is 13.2. The maximum absolute atomic E-state index is 12.0. The van der Waals surface area contributed by atoms with Crippen molar-refractivity contribution in [2.45, 2.75) is 0 Å². The minimum atomic E-state index is -0.238. The number of hydrogen-bond donors (Lipinski definition) is 2. The van der Waals surface area contributed by atoms with Crippen molar-refractivity contribution >= 4 is 22.4 Å². The van der Waals surface area contributed by atoms with Crippen LogP contribution < -0.4 is 15.6 Å². The van der Waals surface area contributed by atoms with Crippen molar-refractivity contribution in [3.8, 4) is 28.3 Å². The molecule has 27 heavy (non-hydrogen) atoms. The lowest BCUT2D eigenvalue weighted by Gasteiger charge is -2.06. The Balaban J connectivity index is 1.60. The van der Waals surface area contributed by atoms with Gasteiger partial charge in [-0.1, -0.05) is 30.3 Å². The Bertz CT molecular complexity index is 1100. The van der Waals surface area contributed by atoms with Crippen molar-refractivity contribution in [1.82, 2.24) is 15.0 Å². The van der Waals surface area contributed by atoms with Crippen LogP contribution >= 0.6 is 11.3 Å². The quantitative estimate of drug-likeness (QED) is 0.542. The van der Waals surface area contributed by atoms with E-state index in [0.717, 1.165) is 22.6 Å². The number of ether oxygens (including phenoxy) is 1. The summed E-state index contributed by atoms with van der Waals surface area (Å²) < 4.78 is 5.16. The molecule has 0 atom stereocenters. The monoisotopic (exact) mass is 376 g/mol. The molecule has 0 fully saturated rings. The standard InChI is InChI=1S/C20H16N4O2S/c1-26-15-9-7-14(8-10-15)16-11-18(25)23-19(21-16)24-20-22-17(12-27-20)13-5-3-2-4-6-13/h2-12H,1H3,(H2,21,22,23,24,25). The minimum Gasteiger partial charge on any atom is -0.497 e. The van der Waals surface area contributed by atoms with Gasteiger partial charge in [0.25, 0.3) is 5.56 Å². The van der Waals surface area contributed by atoms with Crippen LogP contribution in [-0.4, -0.2) is 22.1 Å². The van der Waals surface area contributed by atoms with Crippen LogP contribution in [0.25, 0.3) is 22.5 Å². The summed E-state index contributed by atoms with van der Waals surface area (Å²) in [5.41, 5.74) is 3.07. The maximum Gasteiger partial charge on any atom is 0.252 e. The summed E-state index contributed by atoms with van der Waals surface area (Å²) in [4.78, 5) is 23.8. The molecule has 2 heterocycles. The third-order valence-corrected chi connectivity index (χ3v) is 4.68. The number of hydrogen-bond acceptors (Lipinski definition) is 6. The van der Waals surface area contributed by atoms with Gasteiger partial charge in [-0.3, -0.25) is 9.78 Å². The highest BCUT2D eigenvalue weighted by Crippen LogP contribution is 2.26. The molecule has 0 unspecified atom stereocenters. The van der Waals surface area contributed by atoms with Crippen molar-refractivity contribution in [2.24, 2.45) is 0 Å². The molecular weight excluding hydrogens is 360 g/mol. The molecule has 7 heteroatoms. The van der Waals surface area contributed by atoms with Gasteiger partial charge in [-0.2, -0.15) is 0 Å². The largest absolute Gasteiger partial charge is 0.497 e. The summed E-state index contributed by atoms with van der Waals surface area (Å²) in [5, 5.41) is 5.70. The van der Waals surface area contributed by atoms with Gasteiger partial charge in [-0.25, -0.2) is 9.97 Å². The zero-order valence-electron chi connectivity index (χ0n) is 14.5. The van der Waals surface area contributed by atoms with E-state index in [2.05, 4.69) is 20.3 Å². The fourth-order valence-electron chi connectivity index (χ4n) is 2.60. The van der Waals surface area contributed by atoms with Crippen molar-refractivity contribution in [3.05, 3.63) is 76.4 Å². The fourth-order valence-corrected chi connectivity index (χ4v) is 3.32. The Kier molecular flexibility index (Phi) is 4.67. The Morgan fingerprint density at radius 2 is 1.70 bits per heavy atom. The van der Waals surface area contributed by atoms with Gasteiger partial charge < -0.3 is 10.1 Å². The number of benzene rings is 2. The molecule has 0 bridgehead atoms. The molecule has 0 aliphatic heterocycles. The van der Waals surface area contributed by atoms with Crippen molar-refractivity contribution in [2.75, 3.05) is 12.4 Å². The molecule has 0 aliphatic carbocycles. The molecule has 0 radical (unpaired) electrons. The molecule has 2 aromatic carbocycles. The Morgan fingerprint density at radius 1 is 0.963 bits per heavy atom. The number of nitrogens with one attached hydrogen (secondary N) is 2. The first kappa shape index (κ1) is 17.0. The summed E-state index contributed by atoms with van der Waals surface area (Å²) >= 11 is 1.45. The van der Waals surface area contributed by atoms with Crippen LogP contribution in [0, 0.1) is 0 Å². The van der Waals surface area contributed by atoms with Crippen molar-refractivity contribution < 1.29 is 4.74 Å². The third kappa shape index (κ3) is 3.88. The second-order valence-corrected chi connectivity index (χ2v) is 6.59. The Hall–Kier alpha value is -3.45. The van der Waals surface area contributed by atoms with Crippen LogP contribution in [0.5, 0.6) is 5.75 Å². The lowest BCUT2D eigenvalue weighted by molar-refractivity contribution is 0.415. The predicted octanol–water partition coefficient (Wildman–Crippen LogP) is 4.31. The zero-order valence-corrected chi connectivity index (χ0v) is 15.3. The number of H-pyrrole nitrogens is 1. The number of aromatic amines is 1. The van der Waals surface area contributed by atoms with Crippen LogP contribution in [-0.2, 0) is 0 Å². The molecule has 0 amide bonds. The van der Waals surface area contributed by atoms with Crippen LogP contribution in [0.2, 0.25) is 0 Å². The first-order valence-electron chi connectivity index (χ1n) is 8.25. The lowest BCUT2D eigenvalue weighted by Crippen LogP contribution is -2.10. The predicted molar refractivity (Wildman–Crippen MR) is 108 cm³/mol. The van der Waals surface area contributed by atoms with Gasteiger partial charge in [-0.05, 0) is 24.3 Å². The average molecular weight is 376 g/mol. The van der Waals surface area contributed by atoms with Gasteiger partial charge in [-0.15, -0.1) is 11.3 Å². The highest BCUT2D eigenvalue weighted by molar-refractivity contribution is 7.14. The van der Waals surface area contributed by atoms with E-state index in [1.165, 1.54) is 17.4 Å². The van der Waals surface area contributed by atoms with Crippen LogP contribution in [0.1, 0.15) is 0 Å². The Morgan fingerprint density at radius 3 is 2.44 bits per heavy atom. The number of rotatable bonds is 5. The molecular formula is C20H16N4O2S. The highest BCUT2D eigenvalue weighted by atomic mass is 32.1. The van der Waals surface area contributed by atoms with Crippen LogP contribution in [0.15, 0.2) is 70.8 Å². The maximum atomic E-state index is 12.0. The van der Waals surface area contributed by atoms with E-state index in [9.17, 15) is 4.79 Å². The molecule has 134 valence electrons. The number of nitrogens with zero attached hydrogens (tertiary/aromatic N) is 2. The lowest BCUT2D eigenvalue weighted by atomic mass is 10.1. The van der Waals surface area contributed by atoms with E-state index < -0.39 is 0 Å². The smallest absolute Gasteiger partial charge is 0.252 e. The molecule has 4 aromatic rings. The summed E-state index contributed by atoms with van der Waals surface area (Å²) in [5.74, 6) is 1.10. The SMILES string of the molecule is COc1ccc(-c2cc(=O)[nH]c(Nc3nc(-c4ccccc4)cs3)n2)cc1. The zero-order chi connectivity index (χ0) is 18.6. The van der Waals surface area contributed by atoms with E-state index >= 15 is 0 Å². The van der Waals surface area contributed by atoms with Crippen molar-refractivity contribution in [1.29, 1.82) is 0 Å². The van der Waals surface area contributed by atoms with Gasteiger partial charge in [0.05, 0.1) is 18.5 Å². The third-order valence-electron chi connectivity index (χ3n) is 3.93. The van der Waals surface area contributed by atoms with E-state index in [-0.39, 0.29) is 5.56 Å². The number of methoxy groups -OCH3 is 1. The first-order valence-corrected chi connectivity index (χ1v) is 9.13. The molecule has 6 nitrogen and oxygen atoms in total. The van der Waals surface area contributed by atoms with Gasteiger partial charge in [0.15, 0.2) is 5.13 Å². The van der Waals surface area contributed by atoms with Gasteiger partial charge in [0.2, 0.25) is 5.95 Å². The minimum absolute atomic E-state index is 0.238. The van der Waals surface area contributed by atoms with Gasteiger partial charge in [0, 0.05) is 22.6 Å². The molecule has 0 saturated carbocycles. The van der Waals surface area contributed by atoms with E-state index in [4.69, 9.17) is 4.74 Å². The fraction of sp³-hybridized carbons (Fsp3) is 0.0500. The number of thiazole rings is 1. The second kappa shape index (κ2) is 7.43. The highest BCUT2D eigenvalue weighted by Gasteiger charge is 2.08. The van der Waals surface area contributed by atoms with E-state index in [1.54, 1.807) is 7.11 Å². The molecule has 2 N–H and O–H groups in total. The normalized spacial score (nSPS) is 10.6. The molecule has 0 saturated heterocycles. The van der Waals surface area contributed by atoms with E-state index in [0.29, 0.717) is 16.8 Å². The number of anilines is 2. The summed E-state index contributed by atoms with van der Waals surface area (Å²) in [6, 6.07) is 18.8. The van der Waals surface area contributed by atoms with Crippen LogP contribution in [0.3, 0.4) is 0 Å². The molecule has 0 spiro atoms. The van der Waals surface area contributed by atoms with Gasteiger partial charge >= 0.3 is 0 Å². The van der Waals surface area contributed by atoms with Gasteiger partial charge in [0.1, 0.15) is 5.75 Å². The Labute approximate surface area is 159 Å². The molecule has 2 aromatic heterocycles. The topological polar surface area (TPSA) is 79.9 Å². The average Bonchev–Trinajstić information content (AvgIpc) is 3.17.